The van der Waals surface area contributed by atoms with E-state index < -0.39 is 0 Å². The third kappa shape index (κ3) is 3.04. The molecule has 0 atom stereocenters. The van der Waals surface area contributed by atoms with Crippen LogP contribution in [0.25, 0.3) is 20.7 Å². The Morgan fingerprint density at radius 1 is 1.29 bits per heavy atom. The molecule has 4 aromatic rings. The quantitative estimate of drug-likeness (QED) is 0.585. The molecule has 0 unspecified atom stereocenters. The van der Waals surface area contributed by atoms with Crippen LogP contribution in [-0.2, 0) is 11.3 Å². The smallest absolute Gasteiger partial charge is 0.227 e. The molecule has 0 saturated heterocycles. The molecule has 0 aliphatic heterocycles. The third-order valence-corrected chi connectivity index (χ3v) is 4.72. The van der Waals surface area contributed by atoms with E-state index in [9.17, 15) is 4.79 Å². The van der Waals surface area contributed by atoms with Gasteiger partial charge in [-0.1, -0.05) is 18.2 Å². The van der Waals surface area contributed by atoms with Crippen LogP contribution in [-0.4, -0.2) is 30.9 Å². The molecule has 0 saturated carbocycles. The van der Waals surface area contributed by atoms with Crippen LogP contribution >= 0.6 is 11.3 Å². The van der Waals surface area contributed by atoms with Gasteiger partial charge in [0, 0.05) is 17.2 Å². The minimum atomic E-state index is -0.111. The number of amides is 1. The summed E-state index contributed by atoms with van der Waals surface area (Å²) in [7, 11) is 0. The number of hydrogen-bond donors (Lipinski definition) is 2. The highest BCUT2D eigenvalue weighted by atomic mass is 32.1. The first-order chi connectivity index (χ1) is 11.8. The molecule has 8 heteroatoms. The molecule has 3 aromatic heterocycles. The number of aryl methyl sites for hydroxylation is 1. The summed E-state index contributed by atoms with van der Waals surface area (Å²) in [5.74, 6) is 0.408. The lowest BCUT2D eigenvalue weighted by molar-refractivity contribution is -0.116. The highest BCUT2D eigenvalue weighted by Crippen LogP contribution is 2.33. The maximum Gasteiger partial charge on any atom is 0.227 e. The summed E-state index contributed by atoms with van der Waals surface area (Å²) >= 11 is 1.69. The van der Waals surface area contributed by atoms with Gasteiger partial charge in [-0.25, -0.2) is 4.98 Å². The largest absolute Gasteiger partial charge is 0.309 e. The molecule has 1 aromatic carbocycles. The molecule has 4 rings (SSSR count). The van der Waals surface area contributed by atoms with Crippen LogP contribution in [0.3, 0.4) is 0 Å². The Morgan fingerprint density at radius 2 is 2.21 bits per heavy atom. The number of fused-ring (bicyclic) bond motifs is 1. The molecule has 0 radical (unpaired) electrons. The molecule has 7 nitrogen and oxygen atoms in total. The zero-order valence-electron chi connectivity index (χ0n) is 12.6. The van der Waals surface area contributed by atoms with Crippen LogP contribution in [0.15, 0.2) is 49.1 Å². The Kier molecular flexibility index (Phi) is 3.80. The van der Waals surface area contributed by atoms with Crippen molar-refractivity contribution >= 4 is 33.1 Å². The minimum Gasteiger partial charge on any atom is -0.309 e. The fourth-order valence-electron chi connectivity index (χ4n) is 2.40. The van der Waals surface area contributed by atoms with E-state index in [0.717, 1.165) is 10.6 Å². The molecule has 0 aliphatic rings. The molecule has 0 fully saturated rings. The number of carbonyl (C=O) groups excluding carboxylic acids is 1. The van der Waals surface area contributed by atoms with E-state index >= 15 is 0 Å². The van der Waals surface area contributed by atoms with Gasteiger partial charge in [-0.2, -0.15) is 10.2 Å². The fraction of sp³-hybridized carbons (Fsp3) is 0.125. The Labute approximate surface area is 141 Å². The van der Waals surface area contributed by atoms with Gasteiger partial charge >= 0.3 is 0 Å². The van der Waals surface area contributed by atoms with E-state index in [0.29, 0.717) is 18.8 Å². The molecule has 0 aliphatic carbocycles. The molecule has 1 amide bonds. The predicted molar refractivity (Wildman–Crippen MR) is 92.7 cm³/mol. The number of rotatable bonds is 5. The monoisotopic (exact) mass is 338 g/mol. The highest BCUT2D eigenvalue weighted by Gasteiger charge is 2.10. The molecule has 3 heterocycles. The van der Waals surface area contributed by atoms with Crippen molar-refractivity contribution in [1.29, 1.82) is 0 Å². The summed E-state index contributed by atoms with van der Waals surface area (Å²) in [4.78, 5) is 16.9. The predicted octanol–water partition coefficient (Wildman–Crippen LogP) is 2.91. The van der Waals surface area contributed by atoms with Crippen molar-refractivity contribution in [3.63, 3.8) is 0 Å². The number of benzene rings is 1. The van der Waals surface area contributed by atoms with Crippen LogP contribution in [0, 0.1) is 0 Å². The molecule has 0 spiro atoms. The van der Waals surface area contributed by atoms with Gasteiger partial charge in [0.1, 0.15) is 12.7 Å². The van der Waals surface area contributed by atoms with Gasteiger partial charge in [0.25, 0.3) is 0 Å². The molecule has 2 N–H and O–H groups in total. The van der Waals surface area contributed by atoms with E-state index in [1.54, 1.807) is 22.3 Å². The second-order valence-electron chi connectivity index (χ2n) is 5.27. The maximum absolute atomic E-state index is 12.0. The van der Waals surface area contributed by atoms with Crippen LogP contribution in [0.5, 0.6) is 0 Å². The van der Waals surface area contributed by atoms with Crippen molar-refractivity contribution < 1.29 is 4.79 Å². The topological polar surface area (TPSA) is 88.5 Å². The van der Waals surface area contributed by atoms with Crippen molar-refractivity contribution in [2.24, 2.45) is 0 Å². The normalized spacial score (nSPS) is 11.0. The Bertz CT molecular complexity index is 938. The summed E-state index contributed by atoms with van der Waals surface area (Å²) < 4.78 is 2.84. The number of H-pyrrole nitrogens is 1. The Hall–Kier alpha value is -3.00. The number of carbonyl (C=O) groups is 1. The lowest BCUT2D eigenvalue weighted by Gasteiger charge is -2.01. The number of thiophene rings is 1. The van der Waals surface area contributed by atoms with Crippen molar-refractivity contribution in [2.45, 2.75) is 13.0 Å². The van der Waals surface area contributed by atoms with Gasteiger partial charge in [0.2, 0.25) is 5.91 Å². The van der Waals surface area contributed by atoms with Gasteiger partial charge in [-0.15, -0.1) is 11.3 Å². The highest BCUT2D eigenvalue weighted by molar-refractivity contribution is 7.22. The molecule has 24 heavy (non-hydrogen) atoms. The number of nitrogens with one attached hydrogen (secondary N) is 2. The average molecular weight is 338 g/mol. The third-order valence-electron chi connectivity index (χ3n) is 3.57. The van der Waals surface area contributed by atoms with Crippen molar-refractivity contribution in [3.8, 4) is 10.6 Å². The first kappa shape index (κ1) is 14.6. The van der Waals surface area contributed by atoms with Gasteiger partial charge in [-0.3, -0.25) is 14.6 Å². The summed E-state index contributed by atoms with van der Waals surface area (Å²) in [6, 6.07) is 12.2. The Morgan fingerprint density at radius 3 is 3.04 bits per heavy atom. The summed E-state index contributed by atoms with van der Waals surface area (Å²) in [5, 5.41) is 15.1. The first-order valence-electron chi connectivity index (χ1n) is 7.44. The van der Waals surface area contributed by atoms with Crippen LogP contribution in [0.1, 0.15) is 6.42 Å². The van der Waals surface area contributed by atoms with E-state index in [1.165, 1.54) is 16.4 Å². The lowest BCUT2D eigenvalue weighted by Crippen LogP contribution is -2.14. The molecule has 120 valence electrons. The number of aromatic amines is 1. The van der Waals surface area contributed by atoms with Gasteiger partial charge < -0.3 is 5.32 Å². The van der Waals surface area contributed by atoms with E-state index in [4.69, 9.17) is 0 Å². The van der Waals surface area contributed by atoms with Crippen molar-refractivity contribution in [2.75, 3.05) is 5.32 Å². The van der Waals surface area contributed by atoms with Gasteiger partial charge in [0.15, 0.2) is 5.82 Å². The number of anilines is 1. The van der Waals surface area contributed by atoms with Gasteiger partial charge in [-0.05, 0) is 17.5 Å². The number of hydrogen-bond acceptors (Lipinski definition) is 5. The van der Waals surface area contributed by atoms with Crippen LogP contribution in [0.4, 0.5) is 5.82 Å². The SMILES string of the molecule is O=C(CCn1cncn1)Nc1cc(-c2cc3ccccc3s2)[nH]n1. The minimum absolute atomic E-state index is 0.111. The standard InChI is InChI=1S/C16H14N6OS/c23-16(5-6-22-10-17-9-18-22)19-15-8-12(20-21-15)14-7-11-3-1-2-4-13(11)24-14/h1-4,7-10H,5-6H2,(H2,19,20,21,23). The zero-order chi connectivity index (χ0) is 16.4. The van der Waals surface area contributed by atoms with E-state index in [2.05, 4.69) is 43.8 Å². The van der Waals surface area contributed by atoms with Gasteiger partial charge in [0.05, 0.1) is 17.1 Å². The Balaban J connectivity index is 1.43. The van der Waals surface area contributed by atoms with E-state index in [1.807, 2.05) is 18.2 Å². The summed E-state index contributed by atoms with van der Waals surface area (Å²) in [6.45, 7) is 0.486. The summed E-state index contributed by atoms with van der Waals surface area (Å²) in [5.41, 5.74) is 0.891. The fourth-order valence-corrected chi connectivity index (χ4v) is 3.42. The maximum atomic E-state index is 12.0. The first-order valence-corrected chi connectivity index (χ1v) is 8.26. The second kappa shape index (κ2) is 6.25. The number of nitrogens with zero attached hydrogens (tertiary/aromatic N) is 4. The van der Waals surface area contributed by atoms with Crippen molar-refractivity contribution in [3.05, 3.63) is 49.1 Å². The average Bonchev–Trinajstić information content (AvgIpc) is 3.32. The van der Waals surface area contributed by atoms with E-state index in [-0.39, 0.29) is 5.91 Å². The number of aromatic nitrogens is 5. The summed E-state index contributed by atoms with van der Waals surface area (Å²) in [6.07, 6.45) is 3.35. The molecular weight excluding hydrogens is 324 g/mol. The van der Waals surface area contributed by atoms with Crippen LogP contribution < -0.4 is 5.32 Å². The van der Waals surface area contributed by atoms with Crippen molar-refractivity contribution in [1.82, 2.24) is 25.0 Å². The zero-order valence-corrected chi connectivity index (χ0v) is 13.5. The second-order valence-corrected chi connectivity index (χ2v) is 6.36. The lowest BCUT2D eigenvalue weighted by atomic mass is 10.2. The molecule has 0 bridgehead atoms. The van der Waals surface area contributed by atoms with Crippen LogP contribution in [0.2, 0.25) is 0 Å². The molecular formula is C16H14N6OS.